The van der Waals surface area contributed by atoms with Crippen molar-refractivity contribution in [3.8, 4) is 0 Å². The third-order valence-corrected chi connectivity index (χ3v) is 3.03. The van der Waals surface area contributed by atoms with Crippen LogP contribution >= 0.6 is 0 Å². The van der Waals surface area contributed by atoms with Gasteiger partial charge < -0.3 is 10.5 Å². The van der Waals surface area contributed by atoms with E-state index in [-0.39, 0.29) is 0 Å². The van der Waals surface area contributed by atoms with Gasteiger partial charge in [-0.25, -0.2) is 0 Å². The minimum atomic E-state index is 0.607. The van der Waals surface area contributed by atoms with Crippen LogP contribution in [0.2, 0.25) is 0 Å². The molecule has 0 bridgehead atoms. The van der Waals surface area contributed by atoms with Gasteiger partial charge in [0.05, 0.1) is 6.61 Å². The molecule has 18 heavy (non-hydrogen) atoms. The number of ether oxygens (including phenoxy) is 1. The molecule has 0 spiro atoms. The Labute approximate surface area is 110 Å². The number of rotatable bonds is 9. The molecule has 3 heteroatoms. The van der Waals surface area contributed by atoms with E-state index in [0.717, 1.165) is 32.7 Å². The maximum absolute atomic E-state index is 5.75. The summed E-state index contributed by atoms with van der Waals surface area (Å²) in [5, 5.41) is 0. The van der Waals surface area contributed by atoms with E-state index < -0.39 is 0 Å². The third-order valence-electron chi connectivity index (χ3n) is 3.03. The molecular weight excluding hydrogens is 224 g/mol. The summed E-state index contributed by atoms with van der Waals surface area (Å²) in [4.78, 5) is 2.34. The first-order chi connectivity index (χ1) is 8.81. The van der Waals surface area contributed by atoms with Gasteiger partial charge in [0.2, 0.25) is 0 Å². The lowest BCUT2D eigenvalue weighted by Gasteiger charge is -2.20. The van der Waals surface area contributed by atoms with Gasteiger partial charge in [0.15, 0.2) is 0 Å². The fraction of sp³-hybridized carbons (Fsp3) is 0.467. The Hall–Kier alpha value is -1.16. The molecule has 0 aliphatic rings. The Kier molecular flexibility index (Phi) is 7.34. The Morgan fingerprint density at radius 3 is 2.61 bits per heavy atom. The second kappa shape index (κ2) is 8.86. The van der Waals surface area contributed by atoms with Gasteiger partial charge >= 0.3 is 0 Å². The molecule has 0 amide bonds. The summed E-state index contributed by atoms with van der Waals surface area (Å²) >= 11 is 0. The van der Waals surface area contributed by atoms with E-state index in [4.69, 9.17) is 10.5 Å². The summed E-state index contributed by atoms with van der Waals surface area (Å²) in [6.07, 6.45) is 2.95. The van der Waals surface area contributed by atoms with Crippen LogP contribution in [0.1, 0.15) is 11.1 Å². The molecule has 0 aliphatic carbocycles. The largest absolute Gasteiger partial charge is 0.383 e. The third kappa shape index (κ3) is 5.00. The zero-order chi connectivity index (χ0) is 13.2. The Morgan fingerprint density at radius 1 is 1.28 bits per heavy atom. The highest BCUT2D eigenvalue weighted by atomic mass is 16.5. The van der Waals surface area contributed by atoms with E-state index >= 15 is 0 Å². The fourth-order valence-electron chi connectivity index (χ4n) is 1.98. The van der Waals surface area contributed by atoms with Crippen LogP contribution in [0, 0.1) is 0 Å². The maximum Gasteiger partial charge on any atom is 0.0589 e. The van der Waals surface area contributed by atoms with Crippen LogP contribution in [0.5, 0.6) is 0 Å². The second-order valence-corrected chi connectivity index (χ2v) is 4.30. The molecular formula is C15H24N2O. The molecule has 100 valence electrons. The Bertz CT molecular complexity index is 352. The summed E-state index contributed by atoms with van der Waals surface area (Å²) in [7, 11) is 1.73. The summed E-state index contributed by atoms with van der Waals surface area (Å²) in [5.74, 6) is 0. The normalized spacial score (nSPS) is 10.8. The van der Waals surface area contributed by atoms with Gasteiger partial charge in [-0.15, -0.1) is 6.58 Å². The highest BCUT2D eigenvalue weighted by Gasteiger charge is 2.05. The number of hydrogen-bond donors (Lipinski definition) is 1. The second-order valence-electron chi connectivity index (χ2n) is 4.30. The van der Waals surface area contributed by atoms with Crippen LogP contribution in [0.4, 0.5) is 0 Å². The molecule has 0 fully saturated rings. The number of methoxy groups -OCH3 is 1. The quantitative estimate of drug-likeness (QED) is 0.678. The molecule has 1 aromatic carbocycles. The van der Waals surface area contributed by atoms with Gasteiger partial charge in [-0.3, -0.25) is 4.90 Å². The van der Waals surface area contributed by atoms with Gasteiger partial charge in [0, 0.05) is 33.3 Å². The predicted molar refractivity (Wildman–Crippen MR) is 76.6 cm³/mol. The average molecular weight is 248 g/mol. The number of nitrogens with zero attached hydrogens (tertiary/aromatic N) is 1. The molecule has 1 rings (SSSR count). The van der Waals surface area contributed by atoms with Crippen molar-refractivity contribution >= 4 is 0 Å². The fourth-order valence-corrected chi connectivity index (χ4v) is 1.98. The molecule has 1 aromatic rings. The molecule has 0 aliphatic heterocycles. The van der Waals surface area contributed by atoms with Crippen molar-refractivity contribution in [1.29, 1.82) is 0 Å². The van der Waals surface area contributed by atoms with Crippen LogP contribution < -0.4 is 5.73 Å². The lowest BCUT2D eigenvalue weighted by atomic mass is 10.0. The van der Waals surface area contributed by atoms with Crippen molar-refractivity contribution in [1.82, 2.24) is 4.90 Å². The summed E-state index contributed by atoms with van der Waals surface area (Å²) in [6.45, 7) is 8.00. The van der Waals surface area contributed by atoms with Gasteiger partial charge in [-0.2, -0.15) is 0 Å². The first kappa shape index (κ1) is 14.9. The van der Waals surface area contributed by atoms with Crippen LogP contribution in [0.25, 0.3) is 0 Å². The topological polar surface area (TPSA) is 38.5 Å². The molecule has 0 aromatic heterocycles. The lowest BCUT2D eigenvalue weighted by molar-refractivity contribution is 0.155. The first-order valence-corrected chi connectivity index (χ1v) is 6.40. The zero-order valence-corrected chi connectivity index (χ0v) is 11.3. The molecule has 3 nitrogen and oxygen atoms in total. The predicted octanol–water partition coefficient (Wildman–Crippen LogP) is 1.82. The molecule has 0 saturated heterocycles. The Morgan fingerprint density at radius 2 is 2.00 bits per heavy atom. The number of benzene rings is 1. The van der Waals surface area contributed by atoms with Crippen molar-refractivity contribution in [3.63, 3.8) is 0 Å². The van der Waals surface area contributed by atoms with Crippen molar-refractivity contribution < 1.29 is 4.74 Å². The lowest BCUT2D eigenvalue weighted by Crippen LogP contribution is -2.30. The molecule has 2 N–H and O–H groups in total. The summed E-state index contributed by atoms with van der Waals surface area (Å²) < 4.78 is 5.12. The highest BCUT2D eigenvalue weighted by molar-refractivity contribution is 5.27. The standard InChI is InChI=1S/C15H24N2O/c1-3-9-17(11-12-18-2)10-8-14-6-4-5-7-15(14)13-16/h3-7H,1,8-13,16H2,2H3. The SMILES string of the molecule is C=CCN(CCOC)CCc1ccccc1CN. The van der Waals surface area contributed by atoms with Gasteiger partial charge in [0.25, 0.3) is 0 Å². The molecule has 0 unspecified atom stereocenters. The van der Waals surface area contributed by atoms with Gasteiger partial charge in [0.1, 0.15) is 0 Å². The van der Waals surface area contributed by atoms with Crippen molar-refractivity contribution in [2.75, 3.05) is 33.4 Å². The van der Waals surface area contributed by atoms with E-state index in [9.17, 15) is 0 Å². The van der Waals surface area contributed by atoms with E-state index in [1.54, 1.807) is 7.11 Å². The summed E-state index contributed by atoms with van der Waals surface area (Å²) in [5.41, 5.74) is 8.32. The number of hydrogen-bond acceptors (Lipinski definition) is 3. The summed E-state index contributed by atoms with van der Waals surface area (Å²) in [6, 6.07) is 8.37. The smallest absolute Gasteiger partial charge is 0.0589 e. The zero-order valence-electron chi connectivity index (χ0n) is 11.3. The molecule has 0 saturated carbocycles. The van der Waals surface area contributed by atoms with E-state index in [2.05, 4.69) is 29.7 Å². The van der Waals surface area contributed by atoms with E-state index in [1.807, 2.05) is 12.1 Å². The van der Waals surface area contributed by atoms with Gasteiger partial charge in [-0.1, -0.05) is 30.3 Å². The minimum Gasteiger partial charge on any atom is -0.383 e. The molecule has 0 atom stereocenters. The van der Waals surface area contributed by atoms with Crippen LogP contribution in [0.15, 0.2) is 36.9 Å². The Balaban J connectivity index is 2.52. The van der Waals surface area contributed by atoms with E-state index in [1.165, 1.54) is 11.1 Å². The van der Waals surface area contributed by atoms with Crippen LogP contribution in [0.3, 0.4) is 0 Å². The average Bonchev–Trinajstić information content (AvgIpc) is 2.42. The maximum atomic E-state index is 5.75. The van der Waals surface area contributed by atoms with Crippen LogP contribution in [-0.4, -0.2) is 38.3 Å². The number of nitrogens with two attached hydrogens (primary N) is 1. The van der Waals surface area contributed by atoms with Gasteiger partial charge in [-0.05, 0) is 17.5 Å². The van der Waals surface area contributed by atoms with Crippen LogP contribution in [-0.2, 0) is 17.7 Å². The highest BCUT2D eigenvalue weighted by Crippen LogP contribution is 2.09. The molecule has 0 heterocycles. The first-order valence-electron chi connectivity index (χ1n) is 6.40. The minimum absolute atomic E-state index is 0.607. The van der Waals surface area contributed by atoms with E-state index in [0.29, 0.717) is 6.54 Å². The monoisotopic (exact) mass is 248 g/mol. The van der Waals surface area contributed by atoms with Crippen molar-refractivity contribution in [2.24, 2.45) is 5.73 Å². The van der Waals surface area contributed by atoms with Crippen molar-refractivity contribution in [3.05, 3.63) is 48.0 Å². The molecule has 0 radical (unpaired) electrons. The van der Waals surface area contributed by atoms with Crippen molar-refractivity contribution in [2.45, 2.75) is 13.0 Å².